The maximum atomic E-state index is 11.0. The fourth-order valence-corrected chi connectivity index (χ4v) is 2.43. The molecular formula is C11H21NO2. The molecule has 2 atom stereocenters. The first-order valence-corrected chi connectivity index (χ1v) is 5.69. The molecule has 1 aliphatic heterocycles. The van der Waals surface area contributed by atoms with Crippen LogP contribution < -0.4 is 0 Å². The van der Waals surface area contributed by atoms with Gasteiger partial charge in [-0.05, 0) is 32.2 Å². The molecule has 0 aromatic carbocycles. The van der Waals surface area contributed by atoms with Crippen molar-refractivity contribution in [2.45, 2.75) is 58.0 Å². The SMILES string of the molecule is CCCC(CC)N1CCCC1C(=O)O. The number of hydrogen-bond acceptors (Lipinski definition) is 2. The summed E-state index contributed by atoms with van der Waals surface area (Å²) in [5.41, 5.74) is 0. The Morgan fingerprint density at radius 2 is 2.29 bits per heavy atom. The first-order chi connectivity index (χ1) is 6.70. The molecule has 0 radical (unpaired) electrons. The van der Waals surface area contributed by atoms with Gasteiger partial charge in [-0.1, -0.05) is 20.3 Å². The normalized spacial score (nSPS) is 25.1. The molecule has 0 saturated carbocycles. The number of carboxylic acid groups (broad SMARTS) is 1. The lowest BCUT2D eigenvalue weighted by atomic mass is 10.1. The molecule has 1 N–H and O–H groups in total. The quantitative estimate of drug-likeness (QED) is 0.737. The molecule has 3 heteroatoms. The topological polar surface area (TPSA) is 40.5 Å². The molecule has 14 heavy (non-hydrogen) atoms. The summed E-state index contributed by atoms with van der Waals surface area (Å²) in [6, 6.07) is 0.259. The van der Waals surface area contributed by atoms with Crippen LogP contribution in [0.1, 0.15) is 46.0 Å². The maximum Gasteiger partial charge on any atom is 0.320 e. The first-order valence-electron chi connectivity index (χ1n) is 5.69. The zero-order valence-corrected chi connectivity index (χ0v) is 9.20. The molecule has 0 amide bonds. The molecule has 82 valence electrons. The van der Waals surface area contributed by atoms with Gasteiger partial charge in [0.1, 0.15) is 6.04 Å². The number of carbonyl (C=O) groups is 1. The lowest BCUT2D eigenvalue weighted by Crippen LogP contribution is -2.42. The van der Waals surface area contributed by atoms with Gasteiger partial charge in [0.15, 0.2) is 0 Å². The zero-order chi connectivity index (χ0) is 10.6. The molecule has 0 aromatic rings. The second-order valence-electron chi connectivity index (χ2n) is 4.08. The standard InChI is InChI=1S/C11H21NO2/c1-3-6-9(4-2)12-8-5-7-10(12)11(13)14/h9-10H,3-8H2,1-2H3,(H,13,14). The third-order valence-electron chi connectivity index (χ3n) is 3.14. The molecule has 0 spiro atoms. The number of aliphatic carboxylic acids is 1. The molecule has 1 saturated heterocycles. The summed E-state index contributed by atoms with van der Waals surface area (Å²) >= 11 is 0. The van der Waals surface area contributed by atoms with E-state index in [2.05, 4.69) is 18.7 Å². The van der Waals surface area contributed by atoms with Crippen molar-refractivity contribution in [3.8, 4) is 0 Å². The maximum absolute atomic E-state index is 11.0. The van der Waals surface area contributed by atoms with Crippen LogP contribution in [0.25, 0.3) is 0 Å². The van der Waals surface area contributed by atoms with E-state index in [1.165, 1.54) is 0 Å². The molecule has 0 bridgehead atoms. The number of rotatable bonds is 5. The largest absolute Gasteiger partial charge is 0.480 e. The molecule has 1 rings (SSSR count). The molecule has 3 nitrogen and oxygen atoms in total. The summed E-state index contributed by atoms with van der Waals surface area (Å²) in [5.74, 6) is -0.642. The summed E-state index contributed by atoms with van der Waals surface area (Å²) in [7, 11) is 0. The molecule has 1 heterocycles. The highest BCUT2D eigenvalue weighted by atomic mass is 16.4. The highest BCUT2D eigenvalue weighted by molar-refractivity contribution is 5.73. The van der Waals surface area contributed by atoms with Crippen molar-refractivity contribution in [1.82, 2.24) is 4.90 Å². The van der Waals surface area contributed by atoms with E-state index in [4.69, 9.17) is 5.11 Å². The second-order valence-corrected chi connectivity index (χ2v) is 4.08. The van der Waals surface area contributed by atoms with E-state index in [9.17, 15) is 4.79 Å². The van der Waals surface area contributed by atoms with Crippen LogP contribution in [0.2, 0.25) is 0 Å². The second kappa shape index (κ2) is 5.35. The van der Waals surface area contributed by atoms with Crippen molar-refractivity contribution in [2.24, 2.45) is 0 Å². The Bertz CT molecular complexity index is 194. The minimum absolute atomic E-state index is 0.216. The summed E-state index contributed by atoms with van der Waals surface area (Å²) in [6.45, 7) is 5.28. The van der Waals surface area contributed by atoms with Crippen LogP contribution in [-0.4, -0.2) is 34.6 Å². The molecular weight excluding hydrogens is 178 g/mol. The van der Waals surface area contributed by atoms with Gasteiger partial charge in [-0.2, -0.15) is 0 Å². The Labute approximate surface area is 86.1 Å². The Morgan fingerprint density at radius 1 is 1.57 bits per heavy atom. The van der Waals surface area contributed by atoms with Crippen molar-refractivity contribution in [3.63, 3.8) is 0 Å². The Kier molecular flexibility index (Phi) is 4.39. The third-order valence-corrected chi connectivity index (χ3v) is 3.14. The van der Waals surface area contributed by atoms with Gasteiger partial charge in [0.2, 0.25) is 0 Å². The van der Waals surface area contributed by atoms with Crippen molar-refractivity contribution in [3.05, 3.63) is 0 Å². The predicted molar refractivity (Wildman–Crippen MR) is 56.4 cm³/mol. The Morgan fingerprint density at radius 3 is 2.79 bits per heavy atom. The summed E-state index contributed by atoms with van der Waals surface area (Å²) in [5, 5.41) is 9.05. The molecule has 1 aliphatic rings. The molecule has 0 aliphatic carbocycles. The Balaban J connectivity index is 2.59. The minimum Gasteiger partial charge on any atom is -0.480 e. The van der Waals surface area contributed by atoms with E-state index in [1.54, 1.807) is 0 Å². The van der Waals surface area contributed by atoms with Gasteiger partial charge in [-0.15, -0.1) is 0 Å². The van der Waals surface area contributed by atoms with Crippen LogP contribution in [0, 0.1) is 0 Å². The van der Waals surface area contributed by atoms with Crippen molar-refractivity contribution in [1.29, 1.82) is 0 Å². The highest BCUT2D eigenvalue weighted by Crippen LogP contribution is 2.24. The van der Waals surface area contributed by atoms with Gasteiger partial charge < -0.3 is 5.11 Å². The van der Waals surface area contributed by atoms with Gasteiger partial charge in [0, 0.05) is 6.04 Å². The molecule has 1 fully saturated rings. The number of nitrogens with zero attached hydrogens (tertiary/aromatic N) is 1. The van der Waals surface area contributed by atoms with Crippen molar-refractivity contribution < 1.29 is 9.90 Å². The minimum atomic E-state index is -0.642. The molecule has 2 unspecified atom stereocenters. The average molecular weight is 199 g/mol. The van der Waals surface area contributed by atoms with E-state index in [-0.39, 0.29) is 6.04 Å². The summed E-state index contributed by atoms with van der Waals surface area (Å²) in [4.78, 5) is 13.2. The number of hydrogen-bond donors (Lipinski definition) is 1. The lowest BCUT2D eigenvalue weighted by Gasteiger charge is -2.30. The van der Waals surface area contributed by atoms with Crippen LogP contribution in [0.3, 0.4) is 0 Å². The average Bonchev–Trinajstić information content (AvgIpc) is 2.62. The summed E-state index contributed by atoms with van der Waals surface area (Å²) in [6.07, 6.45) is 5.20. The fraction of sp³-hybridized carbons (Fsp3) is 0.909. The van der Waals surface area contributed by atoms with Gasteiger partial charge in [0.25, 0.3) is 0 Å². The van der Waals surface area contributed by atoms with E-state index in [0.29, 0.717) is 6.04 Å². The zero-order valence-electron chi connectivity index (χ0n) is 9.20. The van der Waals surface area contributed by atoms with E-state index < -0.39 is 5.97 Å². The van der Waals surface area contributed by atoms with Crippen molar-refractivity contribution >= 4 is 5.97 Å². The van der Waals surface area contributed by atoms with Gasteiger partial charge in [0.05, 0.1) is 0 Å². The molecule has 0 aromatic heterocycles. The van der Waals surface area contributed by atoms with E-state index in [0.717, 1.165) is 38.6 Å². The van der Waals surface area contributed by atoms with Crippen LogP contribution in [0.5, 0.6) is 0 Å². The predicted octanol–water partition coefficient (Wildman–Crippen LogP) is 2.11. The number of carboxylic acids is 1. The van der Waals surface area contributed by atoms with Crippen molar-refractivity contribution in [2.75, 3.05) is 6.54 Å². The van der Waals surface area contributed by atoms with Gasteiger partial charge in [-0.3, -0.25) is 9.69 Å². The van der Waals surface area contributed by atoms with E-state index >= 15 is 0 Å². The number of likely N-dealkylation sites (tertiary alicyclic amines) is 1. The summed E-state index contributed by atoms with van der Waals surface area (Å²) < 4.78 is 0. The fourth-order valence-electron chi connectivity index (χ4n) is 2.43. The van der Waals surface area contributed by atoms with Crippen LogP contribution >= 0.6 is 0 Å². The Hall–Kier alpha value is -0.570. The first kappa shape index (κ1) is 11.5. The highest BCUT2D eigenvalue weighted by Gasteiger charge is 2.33. The van der Waals surface area contributed by atoms with E-state index in [1.807, 2.05) is 0 Å². The van der Waals surface area contributed by atoms with Gasteiger partial charge in [-0.25, -0.2) is 0 Å². The van der Waals surface area contributed by atoms with Crippen LogP contribution in [0.15, 0.2) is 0 Å². The van der Waals surface area contributed by atoms with Gasteiger partial charge >= 0.3 is 5.97 Å². The smallest absolute Gasteiger partial charge is 0.320 e. The van der Waals surface area contributed by atoms with Crippen LogP contribution in [-0.2, 0) is 4.79 Å². The monoisotopic (exact) mass is 199 g/mol. The lowest BCUT2D eigenvalue weighted by molar-refractivity contribution is -0.143. The third kappa shape index (κ3) is 2.47. The van der Waals surface area contributed by atoms with Crippen LogP contribution in [0.4, 0.5) is 0 Å².